The summed E-state index contributed by atoms with van der Waals surface area (Å²) in [4.78, 5) is 21.4. The molecule has 0 spiro atoms. The smallest absolute Gasteiger partial charge is 0.280 e. The molecule has 0 saturated heterocycles. The molecule has 0 N–H and O–H groups in total. The largest absolute Gasteiger partial charge is 0.470 e. The minimum Gasteiger partial charge on any atom is -0.470 e. The summed E-state index contributed by atoms with van der Waals surface area (Å²) >= 11 is 0. The van der Waals surface area contributed by atoms with Gasteiger partial charge in [0.15, 0.2) is 18.1 Å². The topological polar surface area (TPSA) is 69.5 Å². The predicted octanol–water partition coefficient (Wildman–Crippen LogP) is 1.27. The fourth-order valence-corrected chi connectivity index (χ4v) is 1.33. The second kappa shape index (κ2) is 6.67. The highest BCUT2D eigenvalue weighted by Gasteiger charge is 2.24. The molecule has 0 unspecified atom stereocenters. The lowest BCUT2D eigenvalue weighted by molar-refractivity contribution is -0.114. The maximum atomic E-state index is 11.7. The Labute approximate surface area is 99.9 Å². The van der Waals surface area contributed by atoms with Crippen molar-refractivity contribution in [2.75, 3.05) is 20.3 Å². The summed E-state index contributed by atoms with van der Waals surface area (Å²) in [7, 11) is 1.40. The van der Waals surface area contributed by atoms with Crippen LogP contribution in [0.2, 0.25) is 0 Å². The molecule has 0 bridgehead atoms. The van der Waals surface area contributed by atoms with Crippen molar-refractivity contribution in [2.24, 2.45) is 10.3 Å². The number of hydrogen-bond donors (Lipinski definition) is 0. The van der Waals surface area contributed by atoms with Gasteiger partial charge in [-0.2, -0.15) is 0 Å². The second-order valence-corrected chi connectivity index (χ2v) is 3.18. The summed E-state index contributed by atoms with van der Waals surface area (Å²) in [6.07, 6.45) is 2.03. The molecular weight excluding hydrogens is 224 g/mol. The van der Waals surface area contributed by atoms with E-state index in [1.807, 2.05) is 0 Å². The zero-order valence-electron chi connectivity index (χ0n) is 10.2. The molecule has 1 aliphatic heterocycles. The van der Waals surface area contributed by atoms with E-state index in [0.717, 1.165) is 0 Å². The third kappa shape index (κ3) is 3.30. The first-order chi connectivity index (χ1) is 8.24. The van der Waals surface area contributed by atoms with Crippen LogP contribution in [-0.4, -0.2) is 37.7 Å². The summed E-state index contributed by atoms with van der Waals surface area (Å²) in [6, 6.07) is 0. The fraction of sp³-hybridized carbons (Fsp3) is 0.545. The van der Waals surface area contributed by atoms with E-state index in [2.05, 4.69) is 10.3 Å². The van der Waals surface area contributed by atoms with Crippen molar-refractivity contribution < 1.29 is 19.2 Å². The zero-order chi connectivity index (χ0) is 12.7. The molecule has 0 radical (unpaired) electrons. The average Bonchev–Trinajstić information content (AvgIpc) is 2.39. The van der Waals surface area contributed by atoms with Crippen LogP contribution in [0.4, 0.5) is 0 Å². The summed E-state index contributed by atoms with van der Waals surface area (Å²) < 4.78 is 5.29. The Hall–Kier alpha value is -1.85. The molecule has 1 rings (SSSR count). The number of oxime groups is 2. The van der Waals surface area contributed by atoms with Gasteiger partial charge >= 0.3 is 0 Å². The van der Waals surface area contributed by atoms with Crippen LogP contribution in [0.3, 0.4) is 0 Å². The molecule has 0 amide bonds. The third-order valence-corrected chi connectivity index (χ3v) is 2.11. The van der Waals surface area contributed by atoms with Crippen molar-refractivity contribution in [3.8, 4) is 0 Å². The molecule has 0 aromatic rings. The van der Waals surface area contributed by atoms with Crippen LogP contribution in [0.25, 0.3) is 0 Å². The molecule has 6 heteroatoms. The number of ketones is 1. The predicted molar refractivity (Wildman–Crippen MR) is 62.8 cm³/mol. The van der Waals surface area contributed by atoms with E-state index >= 15 is 0 Å². The van der Waals surface area contributed by atoms with Crippen molar-refractivity contribution in [1.29, 1.82) is 0 Å². The summed E-state index contributed by atoms with van der Waals surface area (Å²) in [5.74, 6) is 0.119. The minimum atomic E-state index is -0.0554. The normalized spacial score (nSPS) is 16.8. The Morgan fingerprint density at radius 2 is 2.35 bits per heavy atom. The van der Waals surface area contributed by atoms with Gasteiger partial charge in [-0.1, -0.05) is 18.2 Å². The summed E-state index contributed by atoms with van der Waals surface area (Å²) in [5.41, 5.74) is 0.681. The molecule has 0 aromatic carbocycles. The van der Waals surface area contributed by atoms with E-state index in [1.165, 1.54) is 7.11 Å². The van der Waals surface area contributed by atoms with E-state index in [0.29, 0.717) is 25.2 Å². The highest BCUT2D eigenvalue weighted by molar-refractivity contribution is 6.51. The van der Waals surface area contributed by atoms with Gasteiger partial charge in [0.25, 0.3) is 5.90 Å². The molecule has 0 atom stereocenters. The van der Waals surface area contributed by atoms with E-state index in [-0.39, 0.29) is 17.4 Å². The first-order valence-corrected chi connectivity index (χ1v) is 5.38. The van der Waals surface area contributed by atoms with Crippen LogP contribution >= 0.6 is 0 Å². The molecular formula is C11H16N2O4. The second-order valence-electron chi connectivity index (χ2n) is 3.18. The van der Waals surface area contributed by atoms with Gasteiger partial charge in [-0.15, -0.1) is 0 Å². The third-order valence-electron chi connectivity index (χ3n) is 2.11. The van der Waals surface area contributed by atoms with E-state index < -0.39 is 0 Å². The molecule has 0 aromatic heterocycles. The SMILES string of the molecule is C/C=C(\C(=O)CC)C(=NOC)C1=NOCCO1. The van der Waals surface area contributed by atoms with Crippen LogP contribution < -0.4 is 0 Å². The molecule has 0 aliphatic carbocycles. The fourth-order valence-electron chi connectivity index (χ4n) is 1.33. The van der Waals surface area contributed by atoms with Crippen LogP contribution in [0.1, 0.15) is 20.3 Å². The van der Waals surface area contributed by atoms with Gasteiger partial charge in [-0.3, -0.25) is 4.79 Å². The molecule has 94 valence electrons. The van der Waals surface area contributed by atoms with Gasteiger partial charge in [0, 0.05) is 12.0 Å². The highest BCUT2D eigenvalue weighted by atomic mass is 16.7. The number of Topliss-reactive ketones (excluding diaryl/α,β-unsaturated/α-hetero) is 1. The molecule has 6 nitrogen and oxygen atoms in total. The van der Waals surface area contributed by atoms with Gasteiger partial charge in [0.1, 0.15) is 13.7 Å². The lowest BCUT2D eigenvalue weighted by Gasteiger charge is -2.15. The number of allylic oxidation sites excluding steroid dienone is 1. The molecule has 0 saturated carbocycles. The summed E-state index contributed by atoms with van der Waals surface area (Å²) in [6.45, 7) is 4.28. The highest BCUT2D eigenvalue weighted by Crippen LogP contribution is 2.09. The van der Waals surface area contributed by atoms with Crippen LogP contribution in [0, 0.1) is 0 Å². The lowest BCUT2D eigenvalue weighted by atomic mass is 10.0. The van der Waals surface area contributed by atoms with Crippen molar-refractivity contribution in [2.45, 2.75) is 20.3 Å². The molecule has 0 fully saturated rings. The number of nitrogens with zero attached hydrogens (tertiary/aromatic N) is 2. The monoisotopic (exact) mass is 240 g/mol. The van der Waals surface area contributed by atoms with Gasteiger partial charge in [0.05, 0.1) is 0 Å². The Kier molecular flexibility index (Phi) is 5.19. The van der Waals surface area contributed by atoms with Crippen LogP contribution in [0.5, 0.6) is 0 Å². The number of hydrogen-bond acceptors (Lipinski definition) is 6. The first-order valence-electron chi connectivity index (χ1n) is 5.38. The first kappa shape index (κ1) is 13.2. The number of carbonyl (C=O) groups is 1. The minimum absolute atomic E-state index is 0.0554. The summed E-state index contributed by atoms with van der Waals surface area (Å²) in [5, 5.41) is 7.50. The molecule has 1 aliphatic rings. The Bertz CT molecular complexity index is 372. The van der Waals surface area contributed by atoms with Crippen molar-refractivity contribution in [3.63, 3.8) is 0 Å². The number of ether oxygens (including phenoxy) is 1. The van der Waals surface area contributed by atoms with E-state index in [4.69, 9.17) is 14.4 Å². The van der Waals surface area contributed by atoms with E-state index in [1.54, 1.807) is 19.9 Å². The Morgan fingerprint density at radius 3 is 2.82 bits per heavy atom. The molecule has 1 heterocycles. The number of rotatable bonds is 5. The van der Waals surface area contributed by atoms with E-state index in [9.17, 15) is 4.79 Å². The quantitative estimate of drug-likeness (QED) is 0.412. The van der Waals surface area contributed by atoms with Crippen LogP contribution in [-0.2, 0) is 19.2 Å². The van der Waals surface area contributed by atoms with Crippen LogP contribution in [0.15, 0.2) is 22.0 Å². The Balaban J connectivity index is 3.04. The Morgan fingerprint density at radius 1 is 1.59 bits per heavy atom. The van der Waals surface area contributed by atoms with Gasteiger partial charge in [-0.25, -0.2) is 0 Å². The van der Waals surface area contributed by atoms with Gasteiger partial charge in [0.2, 0.25) is 0 Å². The zero-order valence-corrected chi connectivity index (χ0v) is 10.2. The maximum absolute atomic E-state index is 11.7. The number of carbonyl (C=O) groups excluding carboxylic acids is 1. The lowest BCUT2D eigenvalue weighted by Crippen LogP contribution is -2.28. The van der Waals surface area contributed by atoms with Gasteiger partial charge < -0.3 is 14.4 Å². The van der Waals surface area contributed by atoms with Crippen molar-refractivity contribution in [1.82, 2.24) is 0 Å². The average molecular weight is 240 g/mol. The van der Waals surface area contributed by atoms with Crippen molar-refractivity contribution >= 4 is 17.4 Å². The van der Waals surface area contributed by atoms with Crippen molar-refractivity contribution in [3.05, 3.63) is 11.6 Å². The van der Waals surface area contributed by atoms with Gasteiger partial charge in [-0.05, 0) is 12.1 Å². The standard InChI is InChI=1S/C11H16N2O4/c1-4-8(9(14)5-2)10(12-15-3)11-13-17-7-6-16-11/h4H,5-7H2,1-3H3/b8-4+,12-10?. The maximum Gasteiger partial charge on any atom is 0.280 e. The molecule has 17 heavy (non-hydrogen) atoms.